The molecule has 1 aromatic carbocycles. The third kappa shape index (κ3) is 9.73. The molecule has 0 spiro atoms. The Kier molecular flexibility index (Phi) is 15.8. The first-order valence-electron chi connectivity index (χ1n) is 11.2. The van der Waals surface area contributed by atoms with Crippen LogP contribution in [0, 0.1) is 0 Å². The summed E-state index contributed by atoms with van der Waals surface area (Å²) in [5, 5.41) is 0. The molecule has 0 aliphatic heterocycles. The Hall–Kier alpha value is -0.860. The molecule has 1 rings (SSSR count). The van der Waals surface area contributed by atoms with Crippen LogP contribution >= 0.6 is 0 Å². The zero-order valence-electron chi connectivity index (χ0n) is 17.9. The fraction of sp³-hybridized carbons (Fsp3) is 0.750. The number of unbranched alkanes of at least 4 members (excludes halogenated alkanes) is 9. The van der Waals surface area contributed by atoms with Gasteiger partial charge in [-0.2, -0.15) is 0 Å². The molecule has 0 amide bonds. The molecule has 0 radical (unpaired) electrons. The fourth-order valence-electron chi connectivity index (χ4n) is 3.99. The Morgan fingerprint density at radius 1 is 0.538 bits per heavy atom. The number of rotatable bonds is 16. The van der Waals surface area contributed by atoms with Crippen molar-refractivity contribution >= 4 is 5.69 Å². The molecular formula is C24H45NO. The molecule has 0 aliphatic rings. The van der Waals surface area contributed by atoms with Crippen LogP contribution in [0.5, 0.6) is 0 Å². The summed E-state index contributed by atoms with van der Waals surface area (Å²) in [6.45, 7) is 10.9. The minimum absolute atomic E-state index is 0. The van der Waals surface area contributed by atoms with Crippen LogP contribution in [0.1, 0.15) is 97.8 Å². The summed E-state index contributed by atoms with van der Waals surface area (Å²) < 4.78 is 1.23. The minimum Gasteiger partial charge on any atom is -0.870 e. The molecule has 0 atom stereocenters. The van der Waals surface area contributed by atoms with Crippen molar-refractivity contribution in [2.24, 2.45) is 0 Å². The monoisotopic (exact) mass is 363 g/mol. The molecule has 0 unspecified atom stereocenters. The number of hydrogen-bond acceptors (Lipinski definition) is 1. The van der Waals surface area contributed by atoms with E-state index >= 15 is 0 Å². The van der Waals surface area contributed by atoms with Crippen LogP contribution in [-0.2, 0) is 0 Å². The molecule has 0 bridgehead atoms. The maximum absolute atomic E-state index is 2.39. The second-order valence-corrected chi connectivity index (χ2v) is 7.83. The molecule has 2 nitrogen and oxygen atoms in total. The molecule has 0 saturated carbocycles. The minimum atomic E-state index is 0. The summed E-state index contributed by atoms with van der Waals surface area (Å²) >= 11 is 0. The molecule has 0 fully saturated rings. The van der Waals surface area contributed by atoms with Crippen molar-refractivity contribution in [3.05, 3.63) is 30.3 Å². The van der Waals surface area contributed by atoms with E-state index in [1.54, 1.807) is 5.69 Å². The van der Waals surface area contributed by atoms with E-state index in [1.165, 1.54) is 101 Å². The maximum Gasteiger partial charge on any atom is 0.132 e. The molecule has 26 heavy (non-hydrogen) atoms. The van der Waals surface area contributed by atoms with Gasteiger partial charge < -0.3 is 5.48 Å². The van der Waals surface area contributed by atoms with Crippen LogP contribution in [-0.4, -0.2) is 25.1 Å². The Labute approximate surface area is 163 Å². The zero-order valence-corrected chi connectivity index (χ0v) is 17.9. The lowest BCUT2D eigenvalue weighted by Crippen LogP contribution is -2.51. The van der Waals surface area contributed by atoms with E-state index in [0.29, 0.717) is 0 Å². The van der Waals surface area contributed by atoms with E-state index < -0.39 is 0 Å². The van der Waals surface area contributed by atoms with Crippen molar-refractivity contribution in [3.63, 3.8) is 0 Å². The average Bonchev–Trinajstić information content (AvgIpc) is 2.66. The van der Waals surface area contributed by atoms with E-state index in [-0.39, 0.29) is 5.48 Å². The fourth-order valence-corrected chi connectivity index (χ4v) is 3.99. The van der Waals surface area contributed by atoms with Gasteiger partial charge in [0.15, 0.2) is 0 Å². The van der Waals surface area contributed by atoms with Gasteiger partial charge in [-0.1, -0.05) is 77.5 Å². The lowest BCUT2D eigenvalue weighted by molar-refractivity contribution is 0.253. The maximum atomic E-state index is 2.39. The second kappa shape index (κ2) is 16.3. The van der Waals surface area contributed by atoms with Gasteiger partial charge in [0, 0.05) is 0 Å². The molecule has 0 aliphatic carbocycles. The summed E-state index contributed by atoms with van der Waals surface area (Å²) in [5.74, 6) is 0. The highest BCUT2D eigenvalue weighted by atomic mass is 16.0. The summed E-state index contributed by atoms with van der Waals surface area (Å²) in [7, 11) is 0. The highest BCUT2D eigenvalue weighted by Crippen LogP contribution is 2.27. The van der Waals surface area contributed by atoms with Gasteiger partial charge in [0.2, 0.25) is 0 Å². The molecule has 0 saturated heterocycles. The van der Waals surface area contributed by atoms with E-state index in [9.17, 15) is 0 Å². The first-order chi connectivity index (χ1) is 12.3. The number of para-hydroxylation sites is 1. The van der Waals surface area contributed by atoms with Crippen LogP contribution < -0.4 is 4.48 Å². The Morgan fingerprint density at radius 3 is 1.27 bits per heavy atom. The van der Waals surface area contributed by atoms with Gasteiger partial charge in [0.1, 0.15) is 5.69 Å². The zero-order chi connectivity index (χ0) is 18.2. The molecule has 0 heterocycles. The third-order valence-corrected chi connectivity index (χ3v) is 5.62. The molecule has 152 valence electrons. The number of quaternary nitrogens is 1. The van der Waals surface area contributed by atoms with Gasteiger partial charge in [-0.25, -0.2) is 0 Å². The lowest BCUT2D eigenvalue weighted by Gasteiger charge is -2.39. The third-order valence-electron chi connectivity index (χ3n) is 5.62. The van der Waals surface area contributed by atoms with Gasteiger partial charge in [0.05, 0.1) is 19.6 Å². The molecule has 0 aromatic heterocycles. The van der Waals surface area contributed by atoms with Crippen molar-refractivity contribution in [1.29, 1.82) is 0 Å². The lowest BCUT2D eigenvalue weighted by atomic mass is 10.1. The molecular weight excluding hydrogens is 318 g/mol. The number of hydrogen-bond donors (Lipinski definition) is 0. The Bertz CT molecular complexity index is 373. The van der Waals surface area contributed by atoms with E-state index in [2.05, 4.69) is 51.1 Å². The highest BCUT2D eigenvalue weighted by molar-refractivity contribution is 5.42. The van der Waals surface area contributed by atoms with Crippen molar-refractivity contribution in [2.75, 3.05) is 19.6 Å². The van der Waals surface area contributed by atoms with Crippen molar-refractivity contribution in [1.82, 2.24) is 4.48 Å². The number of nitrogens with zero attached hydrogens (tertiary/aromatic N) is 1. The Morgan fingerprint density at radius 2 is 0.923 bits per heavy atom. The van der Waals surface area contributed by atoms with E-state index in [0.717, 1.165) is 0 Å². The summed E-state index contributed by atoms with van der Waals surface area (Å²) in [6, 6.07) is 11.4. The molecule has 2 heteroatoms. The number of benzene rings is 1. The highest BCUT2D eigenvalue weighted by Gasteiger charge is 2.28. The van der Waals surface area contributed by atoms with Crippen LogP contribution in [0.4, 0.5) is 5.69 Å². The van der Waals surface area contributed by atoms with Gasteiger partial charge in [-0.05, 0) is 50.7 Å². The topological polar surface area (TPSA) is 30.0 Å². The Balaban J connectivity index is 0.00000625. The predicted molar refractivity (Wildman–Crippen MR) is 117 cm³/mol. The van der Waals surface area contributed by atoms with Crippen LogP contribution in [0.3, 0.4) is 0 Å². The normalized spacial score (nSPS) is 11.3. The van der Waals surface area contributed by atoms with Crippen molar-refractivity contribution in [2.45, 2.75) is 97.8 Å². The van der Waals surface area contributed by atoms with Crippen LogP contribution in [0.25, 0.3) is 0 Å². The van der Waals surface area contributed by atoms with E-state index in [1.807, 2.05) is 0 Å². The summed E-state index contributed by atoms with van der Waals surface area (Å²) in [6.07, 6.45) is 16.5. The first-order valence-corrected chi connectivity index (χ1v) is 11.2. The van der Waals surface area contributed by atoms with Gasteiger partial charge in [-0.3, -0.25) is 4.48 Å². The average molecular weight is 364 g/mol. The van der Waals surface area contributed by atoms with Crippen LogP contribution in [0.2, 0.25) is 0 Å². The molecule has 1 aromatic rings. The quantitative estimate of drug-likeness (QED) is 0.220. The largest absolute Gasteiger partial charge is 0.870 e. The van der Waals surface area contributed by atoms with Crippen molar-refractivity contribution in [3.8, 4) is 0 Å². The van der Waals surface area contributed by atoms with Gasteiger partial charge in [-0.15, -0.1) is 0 Å². The van der Waals surface area contributed by atoms with Crippen LogP contribution in [0.15, 0.2) is 30.3 Å². The van der Waals surface area contributed by atoms with Crippen molar-refractivity contribution < 1.29 is 5.48 Å². The van der Waals surface area contributed by atoms with Gasteiger partial charge in [0.25, 0.3) is 0 Å². The SMILES string of the molecule is CCCCCC[N+](CCCCCC)(CCCCCC)c1ccccc1.[OH-]. The van der Waals surface area contributed by atoms with E-state index in [4.69, 9.17) is 0 Å². The second-order valence-electron chi connectivity index (χ2n) is 7.83. The summed E-state index contributed by atoms with van der Waals surface area (Å²) in [4.78, 5) is 0. The predicted octanol–water partition coefficient (Wildman–Crippen LogP) is 7.56. The summed E-state index contributed by atoms with van der Waals surface area (Å²) in [5.41, 5.74) is 1.56. The standard InChI is InChI=1S/C24H44N.H2O/c1-4-7-10-16-21-25(22-17-11-8-5-2,23-18-12-9-6-3)24-19-14-13-15-20-24;/h13-15,19-20H,4-12,16-18,21-23H2,1-3H3;1H2/q+1;/p-1. The smallest absolute Gasteiger partial charge is 0.132 e. The molecule has 1 N–H and O–H groups in total. The first kappa shape index (κ1) is 25.1. The van der Waals surface area contributed by atoms with Gasteiger partial charge >= 0.3 is 0 Å².